The van der Waals surface area contributed by atoms with Crippen molar-refractivity contribution in [3.8, 4) is 5.75 Å². The van der Waals surface area contributed by atoms with Crippen LogP contribution in [-0.4, -0.2) is 28.2 Å². The number of hydrazone groups is 1. The highest BCUT2D eigenvalue weighted by atomic mass is 16.5. The van der Waals surface area contributed by atoms with Crippen molar-refractivity contribution in [3.63, 3.8) is 0 Å². The molecular weight excluding hydrogens is 220 g/mol. The summed E-state index contributed by atoms with van der Waals surface area (Å²) >= 11 is 0. The monoisotopic (exact) mass is 232 g/mol. The summed E-state index contributed by atoms with van der Waals surface area (Å²) in [4.78, 5) is 0. The second kappa shape index (κ2) is 4.97. The van der Waals surface area contributed by atoms with Crippen LogP contribution in [0.15, 0.2) is 35.7 Å². The van der Waals surface area contributed by atoms with Gasteiger partial charge in [-0.2, -0.15) is 5.10 Å². The zero-order valence-electron chi connectivity index (χ0n) is 9.24. The topological polar surface area (TPSA) is 90.3 Å². The summed E-state index contributed by atoms with van der Waals surface area (Å²) in [6, 6.07) is 7.48. The predicted octanol–water partition coefficient (Wildman–Crippen LogP) is 0.446. The normalized spacial score (nSPS) is 10.6. The number of anilines is 1. The van der Waals surface area contributed by atoms with E-state index in [-0.39, 0.29) is 0 Å². The number of benzene rings is 1. The summed E-state index contributed by atoms with van der Waals surface area (Å²) in [6.07, 6.45) is 3.03. The van der Waals surface area contributed by atoms with Crippen LogP contribution in [0.25, 0.3) is 0 Å². The van der Waals surface area contributed by atoms with Gasteiger partial charge < -0.3 is 10.6 Å². The Bertz CT molecular complexity index is 504. The maximum atomic E-state index is 5.50. The van der Waals surface area contributed by atoms with Gasteiger partial charge in [0.2, 0.25) is 0 Å². The molecule has 3 N–H and O–H groups in total. The lowest BCUT2D eigenvalue weighted by molar-refractivity contribution is 0.415. The van der Waals surface area contributed by atoms with Crippen LogP contribution in [0.1, 0.15) is 5.56 Å². The van der Waals surface area contributed by atoms with Crippen LogP contribution in [-0.2, 0) is 0 Å². The zero-order chi connectivity index (χ0) is 12.1. The molecule has 7 heteroatoms. The van der Waals surface area contributed by atoms with Crippen molar-refractivity contribution in [2.45, 2.75) is 0 Å². The van der Waals surface area contributed by atoms with E-state index in [1.54, 1.807) is 13.3 Å². The number of nitrogens with one attached hydrogen (secondary N) is 1. The van der Waals surface area contributed by atoms with Gasteiger partial charge in [-0.25, -0.2) is 10.1 Å². The lowest BCUT2D eigenvalue weighted by Gasteiger charge is -1.99. The first-order valence-electron chi connectivity index (χ1n) is 4.88. The van der Waals surface area contributed by atoms with Gasteiger partial charge in [-0.3, -0.25) is 0 Å². The molecule has 0 aliphatic carbocycles. The molecule has 0 aliphatic heterocycles. The molecule has 1 aromatic heterocycles. The number of nitrogens with zero attached hydrogens (tertiary/aromatic N) is 4. The molecule has 1 aromatic carbocycles. The molecular formula is C10H12N6O. The molecule has 0 atom stereocenters. The molecule has 2 aromatic rings. The van der Waals surface area contributed by atoms with Crippen molar-refractivity contribution in [2.24, 2.45) is 5.10 Å². The van der Waals surface area contributed by atoms with E-state index in [0.717, 1.165) is 11.3 Å². The van der Waals surface area contributed by atoms with Gasteiger partial charge in [-0.15, -0.1) is 10.2 Å². The first-order valence-corrected chi connectivity index (χ1v) is 4.88. The Balaban J connectivity index is 1.98. The lowest BCUT2D eigenvalue weighted by atomic mass is 10.2. The average Bonchev–Trinajstić information content (AvgIpc) is 2.76. The van der Waals surface area contributed by atoms with E-state index in [9.17, 15) is 0 Å². The SMILES string of the molecule is COc1ccc(/C=N/Nc2nncn2N)cc1. The lowest BCUT2D eigenvalue weighted by Crippen LogP contribution is -2.10. The van der Waals surface area contributed by atoms with E-state index < -0.39 is 0 Å². The van der Waals surface area contributed by atoms with Crippen LogP contribution < -0.4 is 16.0 Å². The summed E-state index contributed by atoms with van der Waals surface area (Å²) in [6.45, 7) is 0. The number of methoxy groups -OCH3 is 1. The van der Waals surface area contributed by atoms with Gasteiger partial charge in [-0.05, 0) is 29.8 Å². The van der Waals surface area contributed by atoms with Crippen LogP contribution >= 0.6 is 0 Å². The number of hydrogen-bond acceptors (Lipinski definition) is 6. The summed E-state index contributed by atoms with van der Waals surface area (Å²) in [7, 11) is 1.62. The quantitative estimate of drug-likeness (QED) is 0.453. The second-order valence-electron chi connectivity index (χ2n) is 3.20. The molecule has 7 nitrogen and oxygen atoms in total. The number of hydrogen-bond donors (Lipinski definition) is 2. The fraction of sp³-hybridized carbons (Fsp3) is 0.100. The van der Waals surface area contributed by atoms with Crippen molar-refractivity contribution < 1.29 is 4.74 Å². The van der Waals surface area contributed by atoms with E-state index in [2.05, 4.69) is 20.7 Å². The fourth-order valence-corrected chi connectivity index (χ4v) is 1.18. The minimum atomic E-state index is 0.370. The summed E-state index contributed by atoms with van der Waals surface area (Å²) < 4.78 is 6.29. The molecule has 0 amide bonds. The number of ether oxygens (including phenoxy) is 1. The maximum absolute atomic E-state index is 5.50. The Morgan fingerprint density at radius 2 is 2.18 bits per heavy atom. The number of nitrogens with two attached hydrogens (primary N) is 1. The average molecular weight is 232 g/mol. The summed E-state index contributed by atoms with van der Waals surface area (Å²) in [5.41, 5.74) is 3.60. The number of aromatic nitrogens is 3. The molecule has 0 spiro atoms. The van der Waals surface area contributed by atoms with Gasteiger partial charge in [0.05, 0.1) is 13.3 Å². The Morgan fingerprint density at radius 3 is 2.76 bits per heavy atom. The van der Waals surface area contributed by atoms with Gasteiger partial charge in [0.25, 0.3) is 5.95 Å². The van der Waals surface area contributed by atoms with Crippen molar-refractivity contribution in [1.82, 2.24) is 14.9 Å². The standard InChI is InChI=1S/C10H12N6O/c1-17-9-4-2-8(3-5-9)6-12-14-10-15-13-7-16(10)11/h2-7H,11H2,1H3,(H,14,15)/b12-6+. The first kappa shape index (κ1) is 10.9. The third-order valence-corrected chi connectivity index (χ3v) is 2.07. The van der Waals surface area contributed by atoms with Crippen LogP contribution in [0.3, 0.4) is 0 Å². The van der Waals surface area contributed by atoms with Crippen LogP contribution in [0.5, 0.6) is 5.75 Å². The molecule has 0 fully saturated rings. The molecule has 1 heterocycles. The van der Waals surface area contributed by atoms with Crippen LogP contribution in [0.2, 0.25) is 0 Å². The van der Waals surface area contributed by atoms with Gasteiger partial charge in [0.15, 0.2) is 0 Å². The highest BCUT2D eigenvalue weighted by Crippen LogP contribution is 2.09. The van der Waals surface area contributed by atoms with Gasteiger partial charge >= 0.3 is 0 Å². The number of nitrogen functional groups attached to an aromatic ring is 1. The van der Waals surface area contributed by atoms with E-state index in [0.29, 0.717) is 5.95 Å². The van der Waals surface area contributed by atoms with E-state index in [1.807, 2.05) is 24.3 Å². The molecule has 0 radical (unpaired) electrons. The molecule has 0 unspecified atom stereocenters. The maximum Gasteiger partial charge on any atom is 0.263 e. The minimum Gasteiger partial charge on any atom is -0.497 e. The molecule has 0 aliphatic rings. The number of rotatable bonds is 4. The van der Waals surface area contributed by atoms with Crippen molar-refractivity contribution >= 4 is 12.2 Å². The summed E-state index contributed by atoms with van der Waals surface area (Å²) in [5, 5.41) is 11.3. The highest BCUT2D eigenvalue weighted by molar-refractivity contribution is 5.80. The molecule has 0 saturated heterocycles. The molecule has 88 valence electrons. The Hall–Kier alpha value is -2.57. The molecule has 0 bridgehead atoms. The van der Waals surface area contributed by atoms with Gasteiger partial charge in [-0.1, -0.05) is 0 Å². The van der Waals surface area contributed by atoms with E-state index in [1.165, 1.54) is 11.0 Å². The largest absolute Gasteiger partial charge is 0.497 e. The molecule has 17 heavy (non-hydrogen) atoms. The van der Waals surface area contributed by atoms with Crippen LogP contribution in [0, 0.1) is 0 Å². The highest BCUT2D eigenvalue weighted by Gasteiger charge is 1.96. The third-order valence-electron chi connectivity index (χ3n) is 2.07. The minimum absolute atomic E-state index is 0.370. The zero-order valence-corrected chi connectivity index (χ0v) is 9.24. The first-order chi connectivity index (χ1) is 8.29. The Kier molecular flexibility index (Phi) is 3.20. The predicted molar refractivity (Wildman–Crippen MR) is 64.4 cm³/mol. The smallest absolute Gasteiger partial charge is 0.263 e. The Labute approximate surface area is 97.9 Å². The third kappa shape index (κ3) is 2.71. The van der Waals surface area contributed by atoms with Crippen molar-refractivity contribution in [2.75, 3.05) is 18.4 Å². The fourth-order valence-electron chi connectivity index (χ4n) is 1.18. The van der Waals surface area contributed by atoms with E-state index in [4.69, 9.17) is 10.6 Å². The van der Waals surface area contributed by atoms with E-state index >= 15 is 0 Å². The van der Waals surface area contributed by atoms with Crippen molar-refractivity contribution in [3.05, 3.63) is 36.2 Å². The van der Waals surface area contributed by atoms with Crippen LogP contribution in [0.4, 0.5) is 5.95 Å². The Morgan fingerprint density at radius 1 is 1.41 bits per heavy atom. The summed E-state index contributed by atoms with van der Waals surface area (Å²) in [5.74, 6) is 6.67. The second-order valence-corrected chi connectivity index (χ2v) is 3.20. The van der Waals surface area contributed by atoms with Gasteiger partial charge in [0.1, 0.15) is 12.1 Å². The van der Waals surface area contributed by atoms with Crippen molar-refractivity contribution in [1.29, 1.82) is 0 Å². The van der Waals surface area contributed by atoms with Gasteiger partial charge in [0, 0.05) is 0 Å². The molecule has 2 rings (SSSR count). The molecule has 0 saturated carbocycles.